The van der Waals surface area contributed by atoms with Crippen LogP contribution in [0.25, 0.3) is 0 Å². The van der Waals surface area contributed by atoms with Crippen LogP contribution >= 0.6 is 0 Å². The molecule has 3 amide bonds. The van der Waals surface area contributed by atoms with Gasteiger partial charge in [-0.3, -0.25) is 4.79 Å². The minimum Gasteiger partial charge on any atom is -0.323 e. The summed E-state index contributed by atoms with van der Waals surface area (Å²) in [7, 11) is 0. The van der Waals surface area contributed by atoms with E-state index < -0.39 is 5.54 Å². The fourth-order valence-electron chi connectivity index (χ4n) is 3.07. The minimum absolute atomic E-state index is 0.0405. The first kappa shape index (κ1) is 15.3. The molecule has 0 aromatic rings. The Hall–Kier alpha value is -1.10. The number of nitrogens with zero attached hydrogens (tertiary/aromatic N) is 1. The Labute approximate surface area is 121 Å². The fourth-order valence-corrected chi connectivity index (χ4v) is 3.07. The maximum Gasteiger partial charge on any atom is 0.329 e. The molecule has 5 nitrogen and oxygen atoms in total. The molecule has 2 saturated heterocycles. The largest absolute Gasteiger partial charge is 0.329 e. The average Bonchev–Trinajstić information content (AvgIpc) is 2.62. The molecule has 114 valence electrons. The predicted molar refractivity (Wildman–Crippen MR) is 77.3 cm³/mol. The lowest BCUT2D eigenvalue weighted by Gasteiger charge is -2.27. The third kappa shape index (κ3) is 3.32. The van der Waals surface area contributed by atoms with Gasteiger partial charge in [0.1, 0.15) is 5.54 Å². The minimum atomic E-state index is -0.698. The Balaban J connectivity index is 1.96. The number of hydrogen-bond donors (Lipinski definition) is 2. The van der Waals surface area contributed by atoms with E-state index in [2.05, 4.69) is 19.2 Å². The molecule has 0 spiro atoms. The second-order valence-electron chi connectivity index (χ2n) is 6.90. The first-order chi connectivity index (χ1) is 9.42. The van der Waals surface area contributed by atoms with Gasteiger partial charge < -0.3 is 10.2 Å². The molecule has 0 radical (unpaired) electrons. The third-order valence-corrected chi connectivity index (χ3v) is 4.51. The molecule has 2 aliphatic heterocycles. The van der Waals surface area contributed by atoms with Gasteiger partial charge in [-0.25, -0.2) is 9.69 Å². The number of amides is 3. The van der Waals surface area contributed by atoms with Gasteiger partial charge in [0, 0.05) is 0 Å². The number of nitrogens with one attached hydrogen (secondary N) is 2. The summed E-state index contributed by atoms with van der Waals surface area (Å²) in [5, 5.41) is 2.90. The SMILES string of the molecule is CC(C)CC[C@@]1(C)NC(=O)N(C[NH+]2CCCCC2)C1=O. The zero-order chi connectivity index (χ0) is 14.8. The maximum absolute atomic E-state index is 12.6. The highest BCUT2D eigenvalue weighted by Crippen LogP contribution is 2.24. The molecule has 0 bridgehead atoms. The first-order valence-corrected chi connectivity index (χ1v) is 7.90. The zero-order valence-electron chi connectivity index (χ0n) is 13.0. The number of imide groups is 1. The summed E-state index contributed by atoms with van der Waals surface area (Å²) >= 11 is 0. The van der Waals surface area contributed by atoms with Crippen molar-refractivity contribution in [2.24, 2.45) is 5.92 Å². The number of carbonyl (C=O) groups excluding carboxylic acids is 2. The van der Waals surface area contributed by atoms with Crippen molar-refractivity contribution in [2.45, 2.75) is 58.4 Å². The smallest absolute Gasteiger partial charge is 0.323 e. The Morgan fingerprint density at radius 2 is 1.90 bits per heavy atom. The van der Waals surface area contributed by atoms with Crippen LogP contribution in [0.4, 0.5) is 4.79 Å². The van der Waals surface area contributed by atoms with Gasteiger partial charge in [0.25, 0.3) is 5.91 Å². The molecule has 1 atom stereocenters. The molecular formula is C15H28N3O2+. The summed E-state index contributed by atoms with van der Waals surface area (Å²) in [5.41, 5.74) is -0.698. The molecule has 2 fully saturated rings. The Morgan fingerprint density at radius 3 is 2.50 bits per heavy atom. The number of urea groups is 1. The quantitative estimate of drug-likeness (QED) is 0.732. The van der Waals surface area contributed by atoms with E-state index in [9.17, 15) is 9.59 Å². The van der Waals surface area contributed by atoms with Crippen LogP contribution in [0.2, 0.25) is 0 Å². The number of rotatable bonds is 5. The van der Waals surface area contributed by atoms with E-state index in [4.69, 9.17) is 0 Å². The molecule has 0 aromatic heterocycles. The third-order valence-electron chi connectivity index (χ3n) is 4.51. The van der Waals surface area contributed by atoms with Crippen molar-refractivity contribution in [3.05, 3.63) is 0 Å². The average molecular weight is 282 g/mol. The second-order valence-corrected chi connectivity index (χ2v) is 6.90. The molecule has 2 rings (SSSR count). The van der Waals surface area contributed by atoms with Crippen molar-refractivity contribution in [1.82, 2.24) is 10.2 Å². The molecule has 0 aromatic carbocycles. The summed E-state index contributed by atoms with van der Waals surface area (Å²) in [4.78, 5) is 27.4. The van der Waals surface area contributed by atoms with E-state index >= 15 is 0 Å². The van der Waals surface area contributed by atoms with E-state index in [0.717, 1.165) is 25.9 Å². The standard InChI is InChI=1S/C15H27N3O2/c1-12(2)7-8-15(3)13(19)18(14(20)16-15)11-17-9-5-4-6-10-17/h12H,4-11H2,1-3H3,(H,16,20)/p+1/t15-/m1/s1. The maximum atomic E-state index is 12.6. The highest BCUT2D eigenvalue weighted by Gasteiger charge is 2.48. The van der Waals surface area contributed by atoms with E-state index in [0.29, 0.717) is 12.6 Å². The highest BCUT2D eigenvalue weighted by atomic mass is 16.2. The lowest BCUT2D eigenvalue weighted by molar-refractivity contribution is -0.912. The van der Waals surface area contributed by atoms with Crippen LogP contribution in [-0.4, -0.2) is 42.1 Å². The van der Waals surface area contributed by atoms with Gasteiger partial charge in [-0.05, 0) is 44.9 Å². The molecule has 0 aliphatic carbocycles. The normalized spacial score (nSPS) is 28.3. The van der Waals surface area contributed by atoms with Crippen molar-refractivity contribution in [2.75, 3.05) is 19.8 Å². The van der Waals surface area contributed by atoms with Crippen molar-refractivity contribution in [3.8, 4) is 0 Å². The van der Waals surface area contributed by atoms with Gasteiger partial charge in [-0.1, -0.05) is 13.8 Å². The van der Waals surface area contributed by atoms with Crippen LogP contribution in [-0.2, 0) is 4.79 Å². The van der Waals surface area contributed by atoms with E-state index in [-0.39, 0.29) is 11.9 Å². The zero-order valence-corrected chi connectivity index (χ0v) is 13.0. The van der Waals surface area contributed by atoms with Crippen LogP contribution in [0.15, 0.2) is 0 Å². The van der Waals surface area contributed by atoms with Gasteiger partial charge in [0.15, 0.2) is 6.67 Å². The van der Waals surface area contributed by atoms with Crippen molar-refractivity contribution in [3.63, 3.8) is 0 Å². The summed E-state index contributed by atoms with van der Waals surface area (Å²) in [6.45, 7) is 8.81. The fraction of sp³-hybridized carbons (Fsp3) is 0.867. The Kier molecular flexibility index (Phi) is 4.68. The Bertz CT molecular complexity index is 377. The number of likely N-dealkylation sites (tertiary alicyclic amines) is 1. The van der Waals surface area contributed by atoms with Crippen LogP contribution < -0.4 is 10.2 Å². The summed E-state index contributed by atoms with van der Waals surface area (Å²) in [5.74, 6) is 0.500. The topological polar surface area (TPSA) is 53.9 Å². The van der Waals surface area contributed by atoms with Crippen LogP contribution in [0.1, 0.15) is 52.9 Å². The van der Waals surface area contributed by atoms with Crippen LogP contribution in [0.3, 0.4) is 0 Å². The predicted octanol–water partition coefficient (Wildman–Crippen LogP) is 0.759. The Morgan fingerprint density at radius 1 is 1.25 bits per heavy atom. The van der Waals surface area contributed by atoms with Gasteiger partial charge in [-0.15, -0.1) is 0 Å². The number of piperidine rings is 1. The van der Waals surface area contributed by atoms with Crippen molar-refractivity contribution in [1.29, 1.82) is 0 Å². The van der Waals surface area contributed by atoms with Gasteiger partial charge >= 0.3 is 6.03 Å². The molecule has 0 saturated carbocycles. The van der Waals surface area contributed by atoms with Gasteiger partial charge in [0.05, 0.1) is 13.1 Å². The van der Waals surface area contributed by atoms with Crippen LogP contribution in [0.5, 0.6) is 0 Å². The monoisotopic (exact) mass is 282 g/mol. The van der Waals surface area contributed by atoms with Gasteiger partial charge in [0.2, 0.25) is 0 Å². The van der Waals surface area contributed by atoms with Crippen molar-refractivity contribution >= 4 is 11.9 Å². The first-order valence-electron chi connectivity index (χ1n) is 7.90. The van der Waals surface area contributed by atoms with E-state index in [1.807, 2.05) is 6.92 Å². The lowest BCUT2D eigenvalue weighted by Crippen LogP contribution is -3.14. The van der Waals surface area contributed by atoms with Crippen molar-refractivity contribution < 1.29 is 14.5 Å². The summed E-state index contributed by atoms with van der Waals surface area (Å²) < 4.78 is 0. The van der Waals surface area contributed by atoms with E-state index in [1.165, 1.54) is 29.1 Å². The summed E-state index contributed by atoms with van der Waals surface area (Å²) in [6.07, 6.45) is 5.34. The van der Waals surface area contributed by atoms with Crippen LogP contribution in [0, 0.1) is 5.92 Å². The molecule has 2 N–H and O–H groups in total. The summed E-state index contributed by atoms with van der Waals surface area (Å²) in [6, 6.07) is -0.209. The second kappa shape index (κ2) is 6.12. The molecule has 0 unspecified atom stereocenters. The molecule has 20 heavy (non-hydrogen) atoms. The molecule has 5 heteroatoms. The molecule has 2 aliphatic rings. The highest BCUT2D eigenvalue weighted by molar-refractivity contribution is 6.06. The van der Waals surface area contributed by atoms with E-state index in [1.54, 1.807) is 0 Å². The van der Waals surface area contributed by atoms with Gasteiger partial charge in [-0.2, -0.15) is 0 Å². The lowest BCUT2D eigenvalue weighted by atomic mass is 9.92. The number of carbonyl (C=O) groups is 2. The molecule has 2 heterocycles. The molecular weight excluding hydrogens is 254 g/mol. The number of hydrogen-bond acceptors (Lipinski definition) is 2. The number of quaternary nitrogens is 1.